The Morgan fingerprint density at radius 2 is 2.00 bits per heavy atom. The lowest BCUT2D eigenvalue weighted by molar-refractivity contribution is 0.474. The molecule has 19 heavy (non-hydrogen) atoms. The number of nitrogens with one attached hydrogen (secondary N) is 2. The van der Waals surface area contributed by atoms with Gasteiger partial charge in [0.2, 0.25) is 10.0 Å². The number of hydrogen-bond donors (Lipinski definition) is 3. The van der Waals surface area contributed by atoms with Crippen molar-refractivity contribution in [2.75, 3.05) is 6.54 Å². The predicted molar refractivity (Wildman–Crippen MR) is 70.2 cm³/mol. The zero-order valence-corrected chi connectivity index (χ0v) is 11.0. The van der Waals surface area contributed by atoms with Crippen LogP contribution in [0.4, 0.5) is 0 Å². The molecule has 0 saturated carbocycles. The van der Waals surface area contributed by atoms with E-state index in [9.17, 15) is 8.42 Å². The summed E-state index contributed by atoms with van der Waals surface area (Å²) in [6.07, 6.45) is 4.74. The number of aromatic nitrogens is 2. The smallest absolute Gasteiger partial charge is 0.240 e. The van der Waals surface area contributed by atoms with Gasteiger partial charge in [0.1, 0.15) is 11.6 Å². The van der Waals surface area contributed by atoms with Gasteiger partial charge in [0.25, 0.3) is 0 Å². The predicted octanol–water partition coefficient (Wildman–Crippen LogP) is 1.03. The number of sulfonamides is 1. The van der Waals surface area contributed by atoms with Crippen molar-refractivity contribution in [3.8, 4) is 5.75 Å². The normalized spacial score (nSPS) is 11.6. The van der Waals surface area contributed by atoms with Crippen LogP contribution in [0.1, 0.15) is 12.2 Å². The van der Waals surface area contributed by atoms with Crippen LogP contribution < -0.4 is 4.72 Å². The molecule has 102 valence electrons. The highest BCUT2D eigenvalue weighted by molar-refractivity contribution is 7.89. The number of benzene rings is 1. The lowest BCUT2D eigenvalue weighted by Crippen LogP contribution is -2.25. The molecule has 0 fully saturated rings. The van der Waals surface area contributed by atoms with Crippen molar-refractivity contribution >= 4 is 10.0 Å². The van der Waals surface area contributed by atoms with Crippen LogP contribution in [0.15, 0.2) is 41.6 Å². The van der Waals surface area contributed by atoms with Crippen molar-refractivity contribution in [1.29, 1.82) is 0 Å². The van der Waals surface area contributed by atoms with Gasteiger partial charge >= 0.3 is 0 Å². The van der Waals surface area contributed by atoms with E-state index in [0.717, 1.165) is 5.82 Å². The molecule has 7 heteroatoms. The fraction of sp³-hybridized carbons (Fsp3) is 0.250. The number of rotatable bonds is 6. The van der Waals surface area contributed by atoms with Crippen molar-refractivity contribution < 1.29 is 13.5 Å². The van der Waals surface area contributed by atoms with Crippen LogP contribution in [0.3, 0.4) is 0 Å². The summed E-state index contributed by atoms with van der Waals surface area (Å²) < 4.78 is 26.3. The molecule has 1 aromatic carbocycles. The topological polar surface area (TPSA) is 95.1 Å². The average molecular weight is 281 g/mol. The van der Waals surface area contributed by atoms with Crippen LogP contribution in [-0.2, 0) is 16.4 Å². The molecule has 3 N–H and O–H groups in total. The monoisotopic (exact) mass is 281 g/mol. The summed E-state index contributed by atoms with van der Waals surface area (Å²) in [5, 5.41) is 9.12. The summed E-state index contributed by atoms with van der Waals surface area (Å²) in [6, 6.07) is 5.42. The van der Waals surface area contributed by atoms with E-state index in [2.05, 4.69) is 14.7 Å². The number of phenols is 1. The maximum Gasteiger partial charge on any atom is 0.240 e. The Balaban J connectivity index is 1.86. The number of imidazole rings is 1. The van der Waals surface area contributed by atoms with Crippen LogP contribution in [0.5, 0.6) is 5.75 Å². The third-order valence-electron chi connectivity index (χ3n) is 2.58. The standard InChI is InChI=1S/C12H15N3O3S/c16-10-3-5-11(6-4-10)19(17,18)15-7-1-2-12-13-8-9-14-12/h3-6,8-9,15-16H,1-2,7H2,(H,13,14). The molecule has 1 heterocycles. The Morgan fingerprint density at radius 3 is 2.63 bits per heavy atom. The van der Waals surface area contributed by atoms with Gasteiger partial charge in [-0.1, -0.05) is 0 Å². The van der Waals surface area contributed by atoms with Crippen LogP contribution >= 0.6 is 0 Å². The molecule has 0 aliphatic carbocycles. The number of nitrogens with zero attached hydrogens (tertiary/aromatic N) is 1. The zero-order chi connectivity index (χ0) is 13.7. The molecule has 0 atom stereocenters. The lowest BCUT2D eigenvalue weighted by Gasteiger charge is -2.06. The maximum atomic E-state index is 11.9. The van der Waals surface area contributed by atoms with E-state index in [1.165, 1.54) is 24.3 Å². The number of aromatic hydroxyl groups is 1. The van der Waals surface area contributed by atoms with Gasteiger partial charge in [-0.25, -0.2) is 18.1 Å². The van der Waals surface area contributed by atoms with Crippen LogP contribution in [-0.4, -0.2) is 30.0 Å². The minimum Gasteiger partial charge on any atom is -0.508 e. The van der Waals surface area contributed by atoms with Crippen molar-refractivity contribution in [3.05, 3.63) is 42.5 Å². The second kappa shape index (κ2) is 5.85. The molecule has 0 aliphatic heterocycles. The largest absolute Gasteiger partial charge is 0.508 e. The Morgan fingerprint density at radius 1 is 1.26 bits per heavy atom. The maximum absolute atomic E-state index is 11.9. The summed E-state index contributed by atoms with van der Waals surface area (Å²) in [5.41, 5.74) is 0. The molecule has 2 aromatic rings. The molecule has 0 unspecified atom stereocenters. The van der Waals surface area contributed by atoms with E-state index in [-0.39, 0.29) is 10.6 Å². The van der Waals surface area contributed by atoms with E-state index < -0.39 is 10.0 Å². The number of hydrogen-bond acceptors (Lipinski definition) is 4. The van der Waals surface area contributed by atoms with Gasteiger partial charge in [-0.05, 0) is 30.7 Å². The summed E-state index contributed by atoms with van der Waals surface area (Å²) in [4.78, 5) is 7.16. The molecule has 0 saturated heterocycles. The minimum absolute atomic E-state index is 0.0387. The molecule has 0 radical (unpaired) electrons. The first-order valence-electron chi connectivity index (χ1n) is 5.85. The third kappa shape index (κ3) is 3.80. The van der Waals surface area contributed by atoms with Crippen molar-refractivity contribution in [2.24, 2.45) is 0 Å². The number of phenolic OH excluding ortho intramolecular Hbond substituents is 1. The van der Waals surface area contributed by atoms with Gasteiger partial charge < -0.3 is 10.1 Å². The first kappa shape index (κ1) is 13.6. The zero-order valence-electron chi connectivity index (χ0n) is 10.2. The van der Waals surface area contributed by atoms with Gasteiger partial charge in [-0.3, -0.25) is 0 Å². The van der Waals surface area contributed by atoms with E-state index in [1.807, 2.05) is 0 Å². The first-order valence-corrected chi connectivity index (χ1v) is 7.33. The molecule has 2 rings (SSSR count). The Hall–Kier alpha value is -1.86. The van der Waals surface area contributed by atoms with Crippen LogP contribution in [0.25, 0.3) is 0 Å². The number of aryl methyl sites for hydroxylation is 1. The molecule has 0 amide bonds. The lowest BCUT2D eigenvalue weighted by atomic mass is 10.3. The molecule has 0 aliphatic rings. The highest BCUT2D eigenvalue weighted by Crippen LogP contribution is 2.13. The second-order valence-corrected chi connectivity index (χ2v) is 5.80. The summed E-state index contributed by atoms with van der Waals surface area (Å²) in [6.45, 7) is 0.337. The SMILES string of the molecule is O=S(=O)(NCCCc1ncc[nH]1)c1ccc(O)cc1. The summed E-state index contributed by atoms with van der Waals surface area (Å²) >= 11 is 0. The fourth-order valence-electron chi connectivity index (χ4n) is 1.61. The first-order chi connectivity index (χ1) is 9.08. The van der Waals surface area contributed by atoms with Crippen molar-refractivity contribution in [1.82, 2.24) is 14.7 Å². The van der Waals surface area contributed by atoms with Crippen LogP contribution in [0.2, 0.25) is 0 Å². The molecular formula is C12H15N3O3S. The molecule has 0 spiro atoms. The van der Waals surface area contributed by atoms with Gasteiger partial charge in [0.05, 0.1) is 4.90 Å². The van der Waals surface area contributed by atoms with E-state index in [1.54, 1.807) is 12.4 Å². The van der Waals surface area contributed by atoms with Gasteiger partial charge in [0, 0.05) is 25.4 Å². The molecular weight excluding hydrogens is 266 g/mol. The Kier molecular flexibility index (Phi) is 4.18. The third-order valence-corrected chi connectivity index (χ3v) is 4.06. The van der Waals surface area contributed by atoms with Crippen molar-refractivity contribution in [3.63, 3.8) is 0 Å². The van der Waals surface area contributed by atoms with Gasteiger partial charge in [0.15, 0.2) is 0 Å². The summed E-state index contributed by atoms with van der Waals surface area (Å²) in [5.74, 6) is 0.876. The summed E-state index contributed by atoms with van der Waals surface area (Å²) in [7, 11) is -3.51. The van der Waals surface area contributed by atoms with E-state index in [0.29, 0.717) is 19.4 Å². The van der Waals surface area contributed by atoms with E-state index >= 15 is 0 Å². The van der Waals surface area contributed by atoms with Gasteiger partial charge in [-0.15, -0.1) is 0 Å². The van der Waals surface area contributed by atoms with Gasteiger partial charge in [-0.2, -0.15) is 0 Å². The highest BCUT2D eigenvalue weighted by Gasteiger charge is 2.12. The second-order valence-electron chi connectivity index (χ2n) is 4.03. The number of H-pyrrole nitrogens is 1. The molecule has 6 nitrogen and oxygen atoms in total. The quantitative estimate of drug-likeness (QED) is 0.689. The molecule has 1 aromatic heterocycles. The minimum atomic E-state index is -3.51. The molecule has 0 bridgehead atoms. The fourth-order valence-corrected chi connectivity index (χ4v) is 2.68. The van der Waals surface area contributed by atoms with E-state index in [4.69, 9.17) is 5.11 Å². The van der Waals surface area contributed by atoms with Crippen LogP contribution in [0, 0.1) is 0 Å². The Bertz CT molecular complexity index is 606. The Labute approximate surface area is 111 Å². The average Bonchev–Trinajstić information content (AvgIpc) is 2.88. The van der Waals surface area contributed by atoms with Crippen molar-refractivity contribution in [2.45, 2.75) is 17.7 Å². The highest BCUT2D eigenvalue weighted by atomic mass is 32.2. The number of aromatic amines is 1.